The number of ether oxygens (including phenoxy) is 1. The first-order chi connectivity index (χ1) is 15.0. The number of benzene rings is 2. The highest BCUT2D eigenvalue weighted by Gasteiger charge is 2.15. The molecule has 0 aliphatic rings. The second-order valence-corrected chi connectivity index (χ2v) is 8.02. The van der Waals surface area contributed by atoms with Crippen LogP contribution in [0.25, 0.3) is 10.2 Å². The fourth-order valence-corrected chi connectivity index (χ4v) is 4.13. The van der Waals surface area contributed by atoms with Crippen LogP contribution in [0.3, 0.4) is 0 Å². The van der Waals surface area contributed by atoms with Crippen LogP contribution < -0.4 is 21.1 Å². The molecule has 0 spiro atoms. The van der Waals surface area contributed by atoms with Gasteiger partial charge in [0.05, 0.1) is 10.2 Å². The molecule has 158 valence electrons. The first-order valence-corrected chi connectivity index (χ1v) is 10.6. The molecule has 0 bridgehead atoms. The van der Waals surface area contributed by atoms with Gasteiger partial charge in [0, 0.05) is 24.8 Å². The molecule has 0 atom stereocenters. The van der Waals surface area contributed by atoms with Crippen molar-refractivity contribution in [2.75, 3.05) is 5.32 Å². The number of rotatable bonds is 7. The molecule has 0 radical (unpaired) electrons. The molecule has 4 aromatic rings. The van der Waals surface area contributed by atoms with E-state index in [1.807, 2.05) is 77.7 Å². The Hall–Kier alpha value is -3.78. The summed E-state index contributed by atoms with van der Waals surface area (Å²) in [7, 11) is 1.90. The number of aromatic nitrogens is 1. The third-order valence-corrected chi connectivity index (χ3v) is 5.82. The summed E-state index contributed by atoms with van der Waals surface area (Å²) in [5.41, 5.74) is 9.58. The van der Waals surface area contributed by atoms with Crippen molar-refractivity contribution in [3.05, 3.63) is 82.9 Å². The summed E-state index contributed by atoms with van der Waals surface area (Å²) in [5, 5.41) is 15.0. The Bertz CT molecular complexity index is 1230. The van der Waals surface area contributed by atoms with Crippen molar-refractivity contribution in [1.29, 1.82) is 5.41 Å². The number of aryl methyl sites for hydroxylation is 1. The highest BCUT2D eigenvalue weighted by molar-refractivity contribution is 7.17. The number of para-hydroxylation sites is 1. The van der Waals surface area contributed by atoms with Gasteiger partial charge in [0.25, 0.3) is 5.91 Å². The van der Waals surface area contributed by atoms with Gasteiger partial charge < -0.3 is 25.7 Å². The second kappa shape index (κ2) is 8.93. The van der Waals surface area contributed by atoms with E-state index in [0.717, 1.165) is 32.8 Å². The maximum Gasteiger partial charge on any atom is 0.272 e. The van der Waals surface area contributed by atoms with Crippen LogP contribution >= 0.6 is 11.3 Å². The molecular formula is C23H23N5O2S. The lowest BCUT2D eigenvalue weighted by Gasteiger charge is -2.13. The molecule has 4 rings (SSSR count). The smallest absolute Gasteiger partial charge is 0.272 e. The number of nitrogens with two attached hydrogens (primary N) is 1. The number of thiophene rings is 1. The number of anilines is 1. The normalized spacial score (nSPS) is 10.7. The average molecular weight is 434 g/mol. The number of amides is 1. The van der Waals surface area contributed by atoms with Gasteiger partial charge in [-0.3, -0.25) is 10.2 Å². The van der Waals surface area contributed by atoms with E-state index in [2.05, 4.69) is 10.6 Å². The molecule has 0 saturated heterocycles. The van der Waals surface area contributed by atoms with E-state index >= 15 is 0 Å². The van der Waals surface area contributed by atoms with E-state index in [1.54, 1.807) is 11.3 Å². The van der Waals surface area contributed by atoms with E-state index in [1.165, 1.54) is 0 Å². The van der Waals surface area contributed by atoms with Crippen LogP contribution in [0.1, 0.15) is 21.6 Å². The lowest BCUT2D eigenvalue weighted by Crippen LogP contribution is -2.29. The summed E-state index contributed by atoms with van der Waals surface area (Å²) in [6.07, 6.45) is 0. The van der Waals surface area contributed by atoms with Crippen molar-refractivity contribution < 1.29 is 9.53 Å². The molecule has 8 heteroatoms. The Morgan fingerprint density at radius 1 is 1.16 bits per heavy atom. The van der Waals surface area contributed by atoms with Crippen LogP contribution in [0.4, 0.5) is 5.69 Å². The molecule has 0 saturated carbocycles. The first kappa shape index (κ1) is 20.5. The van der Waals surface area contributed by atoms with Crippen LogP contribution in [0.2, 0.25) is 0 Å². The molecule has 2 heterocycles. The lowest BCUT2D eigenvalue weighted by molar-refractivity contribution is 0.101. The molecule has 0 fully saturated rings. The van der Waals surface area contributed by atoms with Gasteiger partial charge in [-0.15, -0.1) is 11.3 Å². The molecule has 0 aliphatic carbocycles. The number of hydrogen-bond donors (Lipinski definition) is 4. The number of nitrogens with one attached hydrogen (secondary N) is 3. The quantitative estimate of drug-likeness (QED) is 0.261. The van der Waals surface area contributed by atoms with Crippen LogP contribution in [-0.2, 0) is 20.2 Å². The minimum Gasteiger partial charge on any atom is -0.489 e. The number of guanidine groups is 1. The Labute approximate surface area is 184 Å². The summed E-state index contributed by atoms with van der Waals surface area (Å²) in [4.78, 5) is 12.9. The summed E-state index contributed by atoms with van der Waals surface area (Å²) >= 11 is 1.62. The molecule has 7 nitrogen and oxygen atoms in total. The van der Waals surface area contributed by atoms with Gasteiger partial charge in [0.15, 0.2) is 5.96 Å². The lowest BCUT2D eigenvalue weighted by atomic mass is 10.2. The van der Waals surface area contributed by atoms with Gasteiger partial charge in [-0.2, -0.15) is 0 Å². The zero-order valence-corrected chi connectivity index (χ0v) is 17.8. The Morgan fingerprint density at radius 3 is 2.68 bits per heavy atom. The zero-order valence-electron chi connectivity index (χ0n) is 17.0. The molecule has 2 aromatic heterocycles. The third-order valence-electron chi connectivity index (χ3n) is 4.96. The van der Waals surface area contributed by atoms with Crippen LogP contribution in [0.5, 0.6) is 5.75 Å². The van der Waals surface area contributed by atoms with Crippen LogP contribution in [-0.4, -0.2) is 16.4 Å². The fraction of sp³-hybridized carbons (Fsp3) is 0.130. The van der Waals surface area contributed by atoms with Crippen molar-refractivity contribution in [1.82, 2.24) is 9.88 Å². The molecule has 31 heavy (non-hydrogen) atoms. The molecular weight excluding hydrogens is 410 g/mol. The number of fused-ring (bicyclic) bond motifs is 1. The van der Waals surface area contributed by atoms with Gasteiger partial charge in [-0.25, -0.2) is 0 Å². The maximum absolute atomic E-state index is 12.9. The summed E-state index contributed by atoms with van der Waals surface area (Å²) in [6, 6.07) is 19.1. The molecule has 1 amide bonds. The fourth-order valence-electron chi connectivity index (χ4n) is 3.28. The molecule has 5 N–H and O–H groups in total. The van der Waals surface area contributed by atoms with Crippen molar-refractivity contribution in [3.63, 3.8) is 0 Å². The first-order valence-electron chi connectivity index (χ1n) is 9.73. The largest absolute Gasteiger partial charge is 0.489 e. The molecule has 2 aromatic carbocycles. The maximum atomic E-state index is 12.9. The predicted octanol–water partition coefficient (Wildman–Crippen LogP) is 4.05. The topological polar surface area (TPSA) is 105 Å². The van der Waals surface area contributed by atoms with E-state index in [0.29, 0.717) is 18.8 Å². The van der Waals surface area contributed by atoms with E-state index in [9.17, 15) is 4.79 Å². The van der Waals surface area contributed by atoms with Gasteiger partial charge >= 0.3 is 0 Å². The third kappa shape index (κ3) is 4.70. The van der Waals surface area contributed by atoms with Crippen LogP contribution in [0, 0.1) is 5.41 Å². The predicted molar refractivity (Wildman–Crippen MR) is 125 cm³/mol. The van der Waals surface area contributed by atoms with Crippen molar-refractivity contribution in [3.8, 4) is 5.75 Å². The summed E-state index contributed by atoms with van der Waals surface area (Å²) in [6.45, 7) is 0.811. The zero-order chi connectivity index (χ0) is 21.8. The Kier molecular flexibility index (Phi) is 5.90. The van der Waals surface area contributed by atoms with Crippen molar-refractivity contribution >= 4 is 39.1 Å². The van der Waals surface area contributed by atoms with E-state index < -0.39 is 0 Å². The average Bonchev–Trinajstić information content (AvgIpc) is 3.35. The number of carbonyl (C=O) groups excluding carboxylic acids is 1. The monoisotopic (exact) mass is 433 g/mol. The molecule has 0 unspecified atom stereocenters. The van der Waals surface area contributed by atoms with Crippen molar-refractivity contribution in [2.24, 2.45) is 12.8 Å². The standard InChI is InChI=1S/C23H23N5O2S/c1-28-19-10-11-31-21(19)12-20(28)22(29)27-18-5-3-2-4-16(18)14-30-17-8-6-15(7-9-17)13-26-23(24)25/h2-12H,13-14H2,1H3,(H,27,29)(H4,24,25,26). The second-order valence-electron chi connectivity index (χ2n) is 7.07. The number of nitrogens with zero attached hydrogens (tertiary/aromatic N) is 1. The number of carbonyl (C=O) groups is 1. The highest BCUT2D eigenvalue weighted by atomic mass is 32.1. The molecule has 0 aliphatic heterocycles. The van der Waals surface area contributed by atoms with E-state index in [-0.39, 0.29) is 11.9 Å². The number of hydrogen-bond acceptors (Lipinski definition) is 4. The van der Waals surface area contributed by atoms with Gasteiger partial charge in [-0.05, 0) is 41.3 Å². The van der Waals surface area contributed by atoms with Gasteiger partial charge in [0.1, 0.15) is 18.1 Å². The highest BCUT2D eigenvalue weighted by Crippen LogP contribution is 2.25. The van der Waals surface area contributed by atoms with Crippen LogP contribution in [0.15, 0.2) is 66.0 Å². The summed E-state index contributed by atoms with van der Waals surface area (Å²) < 4.78 is 8.91. The SMILES string of the molecule is Cn1c(C(=O)Nc2ccccc2COc2ccc(CNC(=N)N)cc2)cc2sccc21. The van der Waals surface area contributed by atoms with Crippen molar-refractivity contribution in [2.45, 2.75) is 13.2 Å². The van der Waals surface area contributed by atoms with Gasteiger partial charge in [0.2, 0.25) is 0 Å². The minimum absolute atomic E-state index is 0.0610. The Balaban J connectivity index is 1.42. The van der Waals surface area contributed by atoms with E-state index in [4.69, 9.17) is 15.9 Å². The Morgan fingerprint density at radius 2 is 1.94 bits per heavy atom. The van der Waals surface area contributed by atoms with Gasteiger partial charge in [-0.1, -0.05) is 30.3 Å². The summed E-state index contributed by atoms with van der Waals surface area (Å²) in [5.74, 6) is 0.505. The minimum atomic E-state index is -0.152.